The van der Waals surface area contributed by atoms with Crippen LogP contribution in [-0.2, 0) is 21.3 Å². The highest BCUT2D eigenvalue weighted by Crippen LogP contribution is 2.30. The Balaban J connectivity index is 1.50. The first-order chi connectivity index (χ1) is 15.3. The third-order valence-corrected chi connectivity index (χ3v) is 7.73. The Bertz CT molecular complexity index is 1040. The van der Waals surface area contributed by atoms with Crippen LogP contribution in [0.1, 0.15) is 42.6 Å². The third kappa shape index (κ3) is 4.98. The molecule has 1 amide bonds. The van der Waals surface area contributed by atoms with E-state index in [2.05, 4.69) is 0 Å². The molecule has 2 atom stereocenters. The molecule has 8 heteroatoms. The van der Waals surface area contributed by atoms with Crippen LogP contribution in [-0.4, -0.2) is 62.0 Å². The Labute approximate surface area is 190 Å². The number of hydrogen-bond acceptors (Lipinski definition) is 5. The summed E-state index contributed by atoms with van der Waals surface area (Å²) in [5.74, 6) is 0.694. The molecular weight excluding hydrogens is 428 g/mol. The van der Waals surface area contributed by atoms with Gasteiger partial charge in [-0.1, -0.05) is 12.1 Å². The monoisotopic (exact) mass is 458 g/mol. The lowest BCUT2D eigenvalue weighted by Gasteiger charge is -2.34. The summed E-state index contributed by atoms with van der Waals surface area (Å²) in [6, 6.07) is 14.2. The van der Waals surface area contributed by atoms with Gasteiger partial charge >= 0.3 is 0 Å². The summed E-state index contributed by atoms with van der Waals surface area (Å²) >= 11 is 0. The maximum atomic E-state index is 13.2. The molecule has 7 nitrogen and oxygen atoms in total. The van der Waals surface area contributed by atoms with Crippen LogP contribution < -0.4 is 4.74 Å². The van der Waals surface area contributed by atoms with Gasteiger partial charge in [0, 0.05) is 31.2 Å². The lowest BCUT2D eigenvalue weighted by Crippen LogP contribution is -2.48. The largest absolute Gasteiger partial charge is 0.497 e. The van der Waals surface area contributed by atoms with Gasteiger partial charge in [-0.2, -0.15) is 4.31 Å². The van der Waals surface area contributed by atoms with Crippen molar-refractivity contribution in [1.82, 2.24) is 9.21 Å². The molecule has 0 spiro atoms. The zero-order valence-corrected chi connectivity index (χ0v) is 19.5. The van der Waals surface area contributed by atoms with Crippen LogP contribution in [0, 0.1) is 0 Å². The molecule has 2 fully saturated rings. The van der Waals surface area contributed by atoms with Crippen LogP contribution in [0.3, 0.4) is 0 Å². The number of sulfonamides is 1. The highest BCUT2D eigenvalue weighted by molar-refractivity contribution is 7.89. The summed E-state index contributed by atoms with van der Waals surface area (Å²) in [6.45, 7) is 4.90. The summed E-state index contributed by atoms with van der Waals surface area (Å²) in [4.78, 5) is 15.3. The highest BCUT2D eigenvalue weighted by atomic mass is 32.2. The van der Waals surface area contributed by atoms with Crippen LogP contribution >= 0.6 is 0 Å². The molecule has 1 aliphatic heterocycles. The van der Waals surface area contributed by atoms with Crippen LogP contribution in [0.25, 0.3) is 0 Å². The van der Waals surface area contributed by atoms with Gasteiger partial charge < -0.3 is 14.4 Å². The smallest absolute Gasteiger partial charge is 0.254 e. The average molecular weight is 459 g/mol. The van der Waals surface area contributed by atoms with Gasteiger partial charge in [0.2, 0.25) is 10.0 Å². The van der Waals surface area contributed by atoms with Crippen molar-refractivity contribution in [3.8, 4) is 5.75 Å². The minimum atomic E-state index is -3.63. The van der Waals surface area contributed by atoms with Crippen molar-refractivity contribution >= 4 is 15.9 Å². The van der Waals surface area contributed by atoms with Gasteiger partial charge in [-0.05, 0) is 68.7 Å². The molecule has 1 saturated heterocycles. The first-order valence-corrected chi connectivity index (χ1v) is 12.4. The van der Waals surface area contributed by atoms with E-state index >= 15 is 0 Å². The fourth-order valence-electron chi connectivity index (χ4n) is 4.09. The van der Waals surface area contributed by atoms with E-state index in [1.807, 2.05) is 43.0 Å². The van der Waals surface area contributed by atoms with Gasteiger partial charge in [0.05, 0.1) is 24.2 Å². The molecule has 0 radical (unpaired) electrons. The second kappa shape index (κ2) is 9.21. The molecule has 0 unspecified atom stereocenters. The van der Waals surface area contributed by atoms with Crippen molar-refractivity contribution in [2.24, 2.45) is 0 Å². The Morgan fingerprint density at radius 3 is 2.16 bits per heavy atom. The second-order valence-corrected chi connectivity index (χ2v) is 10.6. The predicted octanol–water partition coefficient (Wildman–Crippen LogP) is 3.30. The summed E-state index contributed by atoms with van der Waals surface area (Å²) in [7, 11) is -2.01. The molecule has 0 N–H and O–H groups in total. The van der Waals surface area contributed by atoms with E-state index in [1.54, 1.807) is 19.2 Å². The Morgan fingerprint density at radius 2 is 1.62 bits per heavy atom. The summed E-state index contributed by atoms with van der Waals surface area (Å²) in [6.07, 6.45) is 1.67. The van der Waals surface area contributed by atoms with Gasteiger partial charge in [0.1, 0.15) is 5.75 Å². The molecule has 32 heavy (non-hydrogen) atoms. The van der Waals surface area contributed by atoms with Crippen molar-refractivity contribution in [1.29, 1.82) is 0 Å². The zero-order valence-electron chi connectivity index (χ0n) is 18.7. The number of rotatable bonds is 7. The average Bonchev–Trinajstić information content (AvgIpc) is 3.62. The number of benzene rings is 2. The maximum absolute atomic E-state index is 13.2. The second-order valence-electron chi connectivity index (χ2n) is 8.62. The molecular formula is C24H30N2O5S. The van der Waals surface area contributed by atoms with E-state index < -0.39 is 10.0 Å². The quantitative estimate of drug-likeness (QED) is 0.636. The van der Waals surface area contributed by atoms with Crippen molar-refractivity contribution < 1.29 is 22.7 Å². The number of hydrogen-bond donors (Lipinski definition) is 0. The fraction of sp³-hybridized carbons (Fsp3) is 0.458. The SMILES string of the molecule is COc1ccc(CN(C(=O)c2ccc(S(=O)(=O)N3C[C@@H](C)O[C@H](C)C3)cc2)C2CC2)cc1. The van der Waals surface area contributed by atoms with E-state index in [1.165, 1.54) is 16.4 Å². The van der Waals surface area contributed by atoms with Crippen molar-refractivity contribution in [2.75, 3.05) is 20.2 Å². The number of nitrogens with zero attached hydrogens (tertiary/aromatic N) is 2. The van der Waals surface area contributed by atoms with Gasteiger partial charge in [0.15, 0.2) is 0 Å². The molecule has 1 saturated carbocycles. The molecule has 172 valence electrons. The molecule has 2 aromatic carbocycles. The molecule has 1 aliphatic carbocycles. The van der Waals surface area contributed by atoms with E-state index in [0.29, 0.717) is 25.2 Å². The number of morpholine rings is 1. The Hall–Kier alpha value is -2.42. The zero-order chi connectivity index (χ0) is 22.9. The van der Waals surface area contributed by atoms with E-state index in [9.17, 15) is 13.2 Å². The van der Waals surface area contributed by atoms with Crippen LogP contribution in [0.15, 0.2) is 53.4 Å². The van der Waals surface area contributed by atoms with E-state index in [0.717, 1.165) is 24.2 Å². The predicted molar refractivity (Wildman–Crippen MR) is 121 cm³/mol. The van der Waals surface area contributed by atoms with E-state index in [4.69, 9.17) is 9.47 Å². The summed E-state index contributed by atoms with van der Waals surface area (Å²) in [5, 5.41) is 0. The van der Waals surface area contributed by atoms with Crippen molar-refractivity contribution in [2.45, 2.75) is 56.4 Å². The molecule has 0 aromatic heterocycles. The van der Waals surface area contributed by atoms with Crippen LogP contribution in [0.5, 0.6) is 5.75 Å². The topological polar surface area (TPSA) is 76.2 Å². The molecule has 0 bridgehead atoms. The van der Waals surface area contributed by atoms with Gasteiger partial charge in [-0.15, -0.1) is 0 Å². The molecule has 2 aromatic rings. The Kier molecular flexibility index (Phi) is 6.55. The number of amides is 1. The lowest BCUT2D eigenvalue weighted by molar-refractivity contribution is -0.0440. The molecule has 1 heterocycles. The standard InChI is InChI=1S/C24H30N2O5S/c1-17-14-25(15-18(2)31-17)32(28,29)23-12-6-20(7-13-23)24(27)26(21-8-9-21)16-19-4-10-22(30-3)11-5-19/h4-7,10-13,17-18,21H,8-9,14-16H2,1-3H3/t17-,18-/m1/s1. The normalized spacial score (nSPS) is 21.8. The van der Waals surface area contributed by atoms with Gasteiger partial charge in [-0.3, -0.25) is 4.79 Å². The fourth-order valence-corrected chi connectivity index (χ4v) is 5.68. The Morgan fingerprint density at radius 1 is 1.03 bits per heavy atom. The van der Waals surface area contributed by atoms with Crippen LogP contribution in [0.2, 0.25) is 0 Å². The lowest BCUT2D eigenvalue weighted by atomic mass is 10.1. The maximum Gasteiger partial charge on any atom is 0.254 e. The summed E-state index contributed by atoms with van der Waals surface area (Å²) in [5.41, 5.74) is 1.52. The van der Waals surface area contributed by atoms with Crippen LogP contribution in [0.4, 0.5) is 0 Å². The minimum absolute atomic E-state index is 0.0825. The van der Waals surface area contributed by atoms with Crippen molar-refractivity contribution in [3.05, 3.63) is 59.7 Å². The number of ether oxygens (including phenoxy) is 2. The number of carbonyl (C=O) groups excluding carboxylic acids is 1. The van der Waals surface area contributed by atoms with Crippen molar-refractivity contribution in [3.63, 3.8) is 0 Å². The van der Waals surface area contributed by atoms with Gasteiger partial charge in [0.25, 0.3) is 5.91 Å². The summed E-state index contributed by atoms with van der Waals surface area (Å²) < 4.78 is 38.5. The first-order valence-electron chi connectivity index (χ1n) is 11.0. The number of methoxy groups -OCH3 is 1. The third-order valence-electron chi connectivity index (χ3n) is 5.89. The first kappa shape index (κ1) is 22.8. The molecule has 4 rings (SSSR count). The number of carbonyl (C=O) groups is 1. The van der Waals surface area contributed by atoms with Gasteiger partial charge in [-0.25, -0.2) is 8.42 Å². The minimum Gasteiger partial charge on any atom is -0.497 e. The highest BCUT2D eigenvalue weighted by Gasteiger charge is 2.34. The molecule has 2 aliphatic rings. The van der Waals surface area contributed by atoms with E-state index in [-0.39, 0.29) is 29.1 Å².